The second kappa shape index (κ2) is 5.50. The number of aliphatic hydroxyl groups is 1. The zero-order valence-corrected chi connectivity index (χ0v) is 7.73. The summed E-state index contributed by atoms with van der Waals surface area (Å²) in [6.45, 7) is 1.58. The van der Waals surface area contributed by atoms with Crippen molar-refractivity contribution in [3.8, 4) is 5.75 Å². The predicted molar refractivity (Wildman–Crippen MR) is 48.4 cm³/mol. The first-order chi connectivity index (χ1) is 6.36. The quantitative estimate of drug-likeness (QED) is 0.584. The van der Waals surface area contributed by atoms with Crippen LogP contribution in [0.25, 0.3) is 0 Å². The first-order valence-corrected chi connectivity index (χ1v) is 4.33. The van der Waals surface area contributed by atoms with E-state index in [4.69, 9.17) is 9.84 Å². The van der Waals surface area contributed by atoms with Gasteiger partial charge in [0.2, 0.25) is 0 Å². The lowest BCUT2D eigenvalue weighted by Gasteiger charge is -2.03. The molecule has 0 aliphatic rings. The van der Waals surface area contributed by atoms with Gasteiger partial charge in [0.25, 0.3) is 0 Å². The number of rotatable bonds is 5. The van der Waals surface area contributed by atoms with Crippen LogP contribution in [-0.2, 0) is 6.61 Å². The highest BCUT2D eigenvalue weighted by molar-refractivity contribution is 5.19. The van der Waals surface area contributed by atoms with E-state index in [1.807, 2.05) is 13.1 Å². The van der Waals surface area contributed by atoms with Crippen LogP contribution < -0.4 is 10.1 Å². The molecular weight excluding hydrogens is 168 g/mol. The Balaban J connectivity index is 2.40. The Labute approximate surface area is 77.6 Å². The third-order valence-electron chi connectivity index (χ3n) is 1.63. The lowest BCUT2D eigenvalue weighted by atomic mass is 10.3. The molecule has 1 heterocycles. The zero-order valence-electron chi connectivity index (χ0n) is 7.73. The Bertz CT molecular complexity index is 236. The smallest absolute Gasteiger partial charge is 0.137 e. The molecular formula is C9H15N2O2+. The second-order valence-electron chi connectivity index (χ2n) is 2.69. The fraction of sp³-hybridized carbons (Fsp3) is 0.444. The van der Waals surface area contributed by atoms with Gasteiger partial charge in [-0.2, -0.15) is 0 Å². The molecule has 1 aromatic rings. The summed E-state index contributed by atoms with van der Waals surface area (Å²) in [5, 5.41) is 10.8. The standard InChI is InChI=1S/C9H14N2O2/c1-10-4-5-13-9-3-2-8(7-12)11-6-9/h2-3,6,10,12H,4-5,7H2,1H3/p+1. The van der Waals surface area contributed by atoms with E-state index < -0.39 is 0 Å². The van der Waals surface area contributed by atoms with Gasteiger partial charge in [0, 0.05) is 0 Å². The van der Waals surface area contributed by atoms with Crippen LogP contribution in [0.2, 0.25) is 0 Å². The van der Waals surface area contributed by atoms with Gasteiger partial charge in [0.05, 0.1) is 25.5 Å². The number of ether oxygens (including phenoxy) is 1. The first-order valence-electron chi connectivity index (χ1n) is 4.33. The molecule has 0 bridgehead atoms. The lowest BCUT2D eigenvalue weighted by molar-refractivity contribution is -0.627. The molecule has 4 nitrogen and oxygen atoms in total. The molecule has 0 saturated heterocycles. The summed E-state index contributed by atoms with van der Waals surface area (Å²) in [7, 11) is 2.00. The third kappa shape index (κ3) is 3.40. The number of hydrogen-bond acceptors (Lipinski definition) is 3. The second-order valence-corrected chi connectivity index (χ2v) is 2.69. The number of pyridine rings is 1. The van der Waals surface area contributed by atoms with Crippen LogP contribution in [0.4, 0.5) is 0 Å². The van der Waals surface area contributed by atoms with Crippen molar-refractivity contribution in [2.75, 3.05) is 20.2 Å². The van der Waals surface area contributed by atoms with Crippen molar-refractivity contribution in [3.05, 3.63) is 24.0 Å². The zero-order chi connectivity index (χ0) is 9.52. The summed E-state index contributed by atoms with van der Waals surface area (Å²) in [6.07, 6.45) is 1.63. The Morgan fingerprint density at radius 3 is 2.92 bits per heavy atom. The van der Waals surface area contributed by atoms with Gasteiger partial charge < -0.3 is 15.2 Å². The summed E-state index contributed by atoms with van der Waals surface area (Å²) >= 11 is 0. The minimum absolute atomic E-state index is 0.0248. The average Bonchev–Trinajstić information content (AvgIpc) is 2.19. The van der Waals surface area contributed by atoms with Crippen LogP contribution >= 0.6 is 0 Å². The van der Waals surface area contributed by atoms with Crippen molar-refractivity contribution in [1.29, 1.82) is 0 Å². The van der Waals surface area contributed by atoms with Crippen molar-refractivity contribution in [3.63, 3.8) is 0 Å². The molecule has 13 heavy (non-hydrogen) atoms. The molecule has 0 amide bonds. The SMILES string of the molecule is C[NH2+]CCOc1ccc(CO)nc1. The third-order valence-corrected chi connectivity index (χ3v) is 1.63. The van der Waals surface area contributed by atoms with E-state index in [0.717, 1.165) is 12.3 Å². The molecule has 3 N–H and O–H groups in total. The van der Waals surface area contributed by atoms with Gasteiger partial charge in [-0.25, -0.2) is 0 Å². The molecule has 72 valence electrons. The van der Waals surface area contributed by atoms with E-state index in [1.165, 1.54) is 0 Å². The summed E-state index contributed by atoms with van der Waals surface area (Å²) in [5.41, 5.74) is 0.661. The molecule has 0 aliphatic heterocycles. The molecule has 4 heteroatoms. The van der Waals surface area contributed by atoms with Crippen LogP contribution in [0.3, 0.4) is 0 Å². The van der Waals surface area contributed by atoms with E-state index in [2.05, 4.69) is 10.3 Å². The Morgan fingerprint density at radius 2 is 2.38 bits per heavy atom. The van der Waals surface area contributed by atoms with Crippen LogP contribution in [0, 0.1) is 0 Å². The molecule has 1 aromatic heterocycles. The van der Waals surface area contributed by atoms with Gasteiger partial charge in [-0.3, -0.25) is 4.98 Å². The number of hydrogen-bond donors (Lipinski definition) is 2. The maximum absolute atomic E-state index is 8.73. The van der Waals surface area contributed by atoms with Gasteiger partial charge in [-0.05, 0) is 12.1 Å². The van der Waals surface area contributed by atoms with Crippen molar-refractivity contribution in [2.45, 2.75) is 6.61 Å². The van der Waals surface area contributed by atoms with E-state index in [-0.39, 0.29) is 6.61 Å². The van der Waals surface area contributed by atoms with E-state index in [0.29, 0.717) is 12.3 Å². The summed E-state index contributed by atoms with van der Waals surface area (Å²) in [5.74, 6) is 0.749. The summed E-state index contributed by atoms with van der Waals surface area (Å²) in [4.78, 5) is 3.99. The van der Waals surface area contributed by atoms with E-state index in [1.54, 1.807) is 12.3 Å². The average molecular weight is 183 g/mol. The minimum atomic E-state index is -0.0248. The summed E-state index contributed by atoms with van der Waals surface area (Å²) < 4.78 is 5.37. The maximum Gasteiger partial charge on any atom is 0.137 e. The molecule has 0 spiro atoms. The molecule has 1 rings (SSSR count). The number of quaternary nitrogens is 1. The molecule has 0 fully saturated rings. The minimum Gasteiger partial charge on any atom is -0.486 e. The fourth-order valence-corrected chi connectivity index (χ4v) is 0.884. The normalized spacial score (nSPS) is 10.0. The van der Waals surface area contributed by atoms with Gasteiger partial charge >= 0.3 is 0 Å². The Morgan fingerprint density at radius 1 is 1.54 bits per heavy atom. The van der Waals surface area contributed by atoms with Crippen LogP contribution in [0.1, 0.15) is 5.69 Å². The highest BCUT2D eigenvalue weighted by Gasteiger charge is 1.95. The lowest BCUT2D eigenvalue weighted by Crippen LogP contribution is -2.80. The van der Waals surface area contributed by atoms with Crippen LogP contribution in [0.5, 0.6) is 5.75 Å². The van der Waals surface area contributed by atoms with Crippen molar-refractivity contribution in [2.24, 2.45) is 0 Å². The molecule has 0 unspecified atom stereocenters. The van der Waals surface area contributed by atoms with Gasteiger partial charge in [-0.1, -0.05) is 0 Å². The monoisotopic (exact) mass is 183 g/mol. The first kappa shape index (κ1) is 9.95. The van der Waals surface area contributed by atoms with Crippen molar-refractivity contribution >= 4 is 0 Å². The molecule has 0 radical (unpaired) electrons. The number of aromatic nitrogens is 1. The number of nitrogens with zero attached hydrogens (tertiary/aromatic N) is 1. The van der Waals surface area contributed by atoms with Gasteiger partial charge in [0.15, 0.2) is 0 Å². The van der Waals surface area contributed by atoms with E-state index >= 15 is 0 Å². The number of aliphatic hydroxyl groups excluding tert-OH is 1. The highest BCUT2D eigenvalue weighted by Crippen LogP contribution is 2.08. The highest BCUT2D eigenvalue weighted by atomic mass is 16.5. The Hall–Kier alpha value is -1.13. The van der Waals surface area contributed by atoms with Gasteiger partial charge in [-0.15, -0.1) is 0 Å². The van der Waals surface area contributed by atoms with Gasteiger partial charge in [0.1, 0.15) is 18.9 Å². The number of likely N-dealkylation sites (N-methyl/N-ethyl adjacent to an activating group) is 1. The largest absolute Gasteiger partial charge is 0.486 e. The topological polar surface area (TPSA) is 59.0 Å². The van der Waals surface area contributed by atoms with E-state index in [9.17, 15) is 0 Å². The summed E-state index contributed by atoms with van der Waals surface area (Å²) in [6, 6.07) is 3.57. The molecule has 0 aliphatic carbocycles. The van der Waals surface area contributed by atoms with Crippen molar-refractivity contribution < 1.29 is 15.2 Å². The molecule has 0 aromatic carbocycles. The van der Waals surface area contributed by atoms with Crippen LogP contribution in [0.15, 0.2) is 18.3 Å². The maximum atomic E-state index is 8.73. The molecule has 0 saturated carbocycles. The predicted octanol–water partition coefficient (Wildman–Crippen LogP) is -0.854. The molecule has 0 atom stereocenters. The van der Waals surface area contributed by atoms with Crippen molar-refractivity contribution in [1.82, 2.24) is 4.98 Å². The Kier molecular flexibility index (Phi) is 4.21. The van der Waals surface area contributed by atoms with Crippen LogP contribution in [-0.4, -0.2) is 30.3 Å². The fourth-order valence-electron chi connectivity index (χ4n) is 0.884. The number of nitrogens with two attached hydrogens (primary N) is 1.